The fourth-order valence-corrected chi connectivity index (χ4v) is 7.20. The minimum Gasteiger partial charge on any atom is -0.468 e. The highest BCUT2D eigenvalue weighted by Gasteiger charge is 2.74. The van der Waals surface area contributed by atoms with Crippen LogP contribution in [0.25, 0.3) is 0 Å². The van der Waals surface area contributed by atoms with E-state index in [4.69, 9.17) is 4.74 Å². The number of hydrogen-bond acceptors (Lipinski definition) is 5. The lowest BCUT2D eigenvalue weighted by molar-refractivity contribution is -0.191. The Balaban J connectivity index is 1.70. The number of rotatable bonds is 3. The number of likely N-dealkylation sites (N-methyl/N-ethyl adjacent to an activating group) is 1. The molecule has 5 aliphatic heterocycles. The number of aliphatic hydroxyl groups is 1. The van der Waals surface area contributed by atoms with Crippen molar-refractivity contribution in [2.45, 2.75) is 43.7 Å². The summed E-state index contributed by atoms with van der Waals surface area (Å²) in [6, 6.07) is 7.95. The van der Waals surface area contributed by atoms with Crippen molar-refractivity contribution in [3.05, 3.63) is 29.8 Å². The average molecular weight is 384 g/mol. The lowest BCUT2D eigenvalue weighted by Crippen LogP contribution is -2.69. The molecule has 1 aromatic carbocycles. The van der Waals surface area contributed by atoms with Gasteiger partial charge in [0, 0.05) is 31.4 Å². The minimum atomic E-state index is -0.940. The zero-order valence-electron chi connectivity index (χ0n) is 16.7. The van der Waals surface area contributed by atoms with Crippen molar-refractivity contribution in [2.24, 2.45) is 17.3 Å². The molecule has 0 saturated carbocycles. The molecule has 5 aliphatic rings. The summed E-state index contributed by atoms with van der Waals surface area (Å²) >= 11 is 0. The number of aliphatic hydroxyl groups excluding tert-OH is 1. The van der Waals surface area contributed by atoms with Crippen LogP contribution in [0.5, 0.6) is 0 Å². The van der Waals surface area contributed by atoms with Crippen LogP contribution in [0.15, 0.2) is 24.3 Å². The number of ether oxygens (including phenoxy) is 1. The summed E-state index contributed by atoms with van der Waals surface area (Å²) < 4.78 is 5.23. The van der Waals surface area contributed by atoms with Crippen LogP contribution in [0.1, 0.15) is 31.7 Å². The number of nitrogens with zero attached hydrogens (tertiary/aromatic N) is 2. The van der Waals surface area contributed by atoms with Crippen molar-refractivity contribution in [1.82, 2.24) is 4.90 Å². The van der Waals surface area contributed by atoms with Gasteiger partial charge >= 0.3 is 5.97 Å². The van der Waals surface area contributed by atoms with Gasteiger partial charge in [0.15, 0.2) is 0 Å². The molecular weight excluding hydrogens is 356 g/mol. The Morgan fingerprint density at radius 2 is 2.07 bits per heavy atom. The Bertz CT molecular complexity index is 857. The van der Waals surface area contributed by atoms with E-state index < -0.39 is 10.8 Å². The van der Waals surface area contributed by atoms with Gasteiger partial charge in [-0.3, -0.25) is 14.5 Å². The van der Waals surface area contributed by atoms with Crippen LogP contribution in [0.3, 0.4) is 0 Å². The summed E-state index contributed by atoms with van der Waals surface area (Å²) in [6.45, 7) is 2.81. The lowest BCUT2D eigenvalue weighted by Gasteiger charge is -2.59. The van der Waals surface area contributed by atoms with Crippen LogP contribution in [0.2, 0.25) is 0 Å². The number of fused-ring (bicyclic) bond motifs is 3. The van der Waals surface area contributed by atoms with Crippen LogP contribution >= 0.6 is 0 Å². The van der Waals surface area contributed by atoms with Gasteiger partial charge in [-0.2, -0.15) is 0 Å². The Morgan fingerprint density at radius 3 is 2.75 bits per heavy atom. The number of hydrogen-bond donors (Lipinski definition) is 1. The monoisotopic (exact) mass is 384 g/mol. The van der Waals surface area contributed by atoms with Gasteiger partial charge in [-0.05, 0) is 36.3 Å². The maximum atomic E-state index is 13.6. The summed E-state index contributed by atoms with van der Waals surface area (Å²) in [7, 11) is 3.25. The molecule has 0 radical (unpaired) electrons. The van der Waals surface area contributed by atoms with Crippen molar-refractivity contribution in [2.75, 3.05) is 32.2 Å². The molecule has 28 heavy (non-hydrogen) atoms. The number of carbonyl (C=O) groups excluding carboxylic acids is 2. The number of benzene rings is 1. The van der Waals surface area contributed by atoms with Crippen LogP contribution in [0.4, 0.5) is 5.69 Å². The number of esters is 1. The molecule has 6 rings (SSSR count). The Hall–Kier alpha value is -1.92. The molecule has 0 aromatic heterocycles. The van der Waals surface area contributed by atoms with Crippen LogP contribution < -0.4 is 4.90 Å². The van der Waals surface area contributed by atoms with Gasteiger partial charge in [-0.25, -0.2) is 0 Å². The van der Waals surface area contributed by atoms with E-state index in [0.29, 0.717) is 12.3 Å². The van der Waals surface area contributed by atoms with Gasteiger partial charge in [0.25, 0.3) is 0 Å². The second kappa shape index (κ2) is 5.80. The van der Waals surface area contributed by atoms with E-state index in [-0.39, 0.29) is 36.5 Å². The van der Waals surface area contributed by atoms with E-state index in [0.717, 1.165) is 30.6 Å². The zero-order chi connectivity index (χ0) is 19.8. The van der Waals surface area contributed by atoms with Gasteiger partial charge in [0.2, 0.25) is 5.91 Å². The molecular formula is C22H28N2O4. The topological polar surface area (TPSA) is 70.1 Å². The number of piperidine rings is 3. The van der Waals surface area contributed by atoms with E-state index >= 15 is 0 Å². The van der Waals surface area contributed by atoms with Crippen LogP contribution in [0, 0.1) is 17.3 Å². The third-order valence-electron chi connectivity index (χ3n) is 8.42. The van der Waals surface area contributed by atoms with Crippen molar-refractivity contribution in [3.63, 3.8) is 0 Å². The average Bonchev–Trinajstić information content (AvgIpc) is 3.13. The molecule has 3 unspecified atom stereocenters. The quantitative estimate of drug-likeness (QED) is 0.801. The van der Waals surface area contributed by atoms with E-state index in [2.05, 4.69) is 17.9 Å². The molecule has 1 N–H and O–H groups in total. The third-order valence-corrected chi connectivity index (χ3v) is 8.42. The SMILES string of the molecule is CCC1CN2[C@H]3C[C@@]4(C(=O)N(C)c5ccccc54)[C@@H]2C[C@@H]1C3(CO)C(=O)OC. The Labute approximate surface area is 165 Å². The molecule has 1 aromatic rings. The lowest BCUT2D eigenvalue weighted by atomic mass is 9.57. The number of methoxy groups -OCH3 is 1. The molecule has 4 bridgehead atoms. The van der Waals surface area contributed by atoms with Gasteiger partial charge < -0.3 is 14.7 Å². The molecule has 5 heterocycles. The largest absolute Gasteiger partial charge is 0.468 e. The summed E-state index contributed by atoms with van der Waals surface area (Å²) in [5.74, 6) is 0.174. The van der Waals surface area contributed by atoms with Crippen molar-refractivity contribution < 1.29 is 19.4 Å². The summed E-state index contributed by atoms with van der Waals surface area (Å²) in [4.78, 5) is 30.8. The highest BCUT2D eigenvalue weighted by molar-refractivity contribution is 6.09. The molecule has 6 nitrogen and oxygen atoms in total. The Kier molecular flexibility index (Phi) is 3.75. The van der Waals surface area contributed by atoms with Crippen LogP contribution in [-0.4, -0.2) is 61.3 Å². The maximum Gasteiger partial charge on any atom is 0.316 e. The number of para-hydroxylation sites is 1. The first-order valence-corrected chi connectivity index (χ1v) is 10.3. The molecule has 150 valence electrons. The smallest absolute Gasteiger partial charge is 0.316 e. The summed E-state index contributed by atoms with van der Waals surface area (Å²) in [6.07, 6.45) is 2.27. The zero-order valence-corrected chi connectivity index (χ0v) is 16.7. The molecule has 0 aliphatic carbocycles. The fraction of sp³-hybridized carbons (Fsp3) is 0.636. The summed E-state index contributed by atoms with van der Waals surface area (Å²) in [5, 5.41) is 10.5. The summed E-state index contributed by atoms with van der Waals surface area (Å²) in [5.41, 5.74) is 0.478. The van der Waals surface area contributed by atoms with E-state index in [1.807, 2.05) is 25.2 Å². The predicted octanol–water partition coefficient (Wildman–Crippen LogP) is 1.56. The minimum absolute atomic E-state index is 0.0418. The Morgan fingerprint density at radius 1 is 1.32 bits per heavy atom. The molecule has 1 amide bonds. The van der Waals surface area contributed by atoms with E-state index in [1.165, 1.54) is 7.11 Å². The second-order valence-corrected chi connectivity index (χ2v) is 8.99. The van der Waals surface area contributed by atoms with Gasteiger partial charge in [0.05, 0.1) is 19.1 Å². The van der Waals surface area contributed by atoms with Crippen molar-refractivity contribution in [1.29, 1.82) is 0 Å². The number of amides is 1. The second-order valence-electron chi connectivity index (χ2n) is 8.99. The van der Waals surface area contributed by atoms with Crippen molar-refractivity contribution >= 4 is 17.6 Å². The van der Waals surface area contributed by atoms with Crippen LogP contribution in [-0.2, 0) is 19.7 Å². The van der Waals surface area contributed by atoms with E-state index in [1.54, 1.807) is 4.90 Å². The number of carbonyl (C=O) groups is 2. The molecule has 6 heteroatoms. The maximum absolute atomic E-state index is 13.6. The predicted molar refractivity (Wildman–Crippen MR) is 104 cm³/mol. The standard InChI is InChI=1S/C22H28N2O4/c1-4-13-11-24-17-9-15(13)22(12-25,20(27)28-3)18(24)10-21(17)14-7-5-6-8-16(14)23(2)19(21)26/h5-8,13,15,17-18,25H,4,9-12H2,1-3H3/t13?,15-,17-,18-,21-,22?/m0/s1. The third kappa shape index (κ3) is 1.77. The normalized spacial score (nSPS) is 42.9. The first-order valence-electron chi connectivity index (χ1n) is 10.3. The van der Waals surface area contributed by atoms with Crippen molar-refractivity contribution in [3.8, 4) is 0 Å². The van der Waals surface area contributed by atoms with E-state index in [9.17, 15) is 14.7 Å². The molecule has 1 spiro atoms. The molecule has 7 atom stereocenters. The number of anilines is 1. The molecule has 4 saturated heterocycles. The van der Waals surface area contributed by atoms with Gasteiger partial charge in [-0.1, -0.05) is 31.5 Å². The fourth-order valence-electron chi connectivity index (χ4n) is 7.20. The first kappa shape index (κ1) is 18.1. The molecule has 4 fully saturated rings. The highest BCUT2D eigenvalue weighted by Crippen LogP contribution is 2.65. The highest BCUT2D eigenvalue weighted by atomic mass is 16.5. The first-order chi connectivity index (χ1) is 13.5. The van der Waals surface area contributed by atoms with Gasteiger partial charge in [-0.15, -0.1) is 0 Å². The van der Waals surface area contributed by atoms with Gasteiger partial charge in [0.1, 0.15) is 5.41 Å².